The van der Waals surface area contributed by atoms with Crippen molar-refractivity contribution < 1.29 is 47.5 Å². The first-order valence-corrected chi connectivity index (χ1v) is 19.2. The fourth-order valence-corrected chi connectivity index (χ4v) is 5.40. The number of hydrogen-bond acceptors (Lipinski definition) is 10. The van der Waals surface area contributed by atoms with Crippen LogP contribution >= 0.6 is 0 Å². The Kier molecular flexibility index (Phi) is 18.5. The van der Waals surface area contributed by atoms with Gasteiger partial charge in [-0.2, -0.15) is 0 Å². The van der Waals surface area contributed by atoms with Gasteiger partial charge < -0.3 is 37.9 Å². The molecule has 0 unspecified atom stereocenters. The lowest BCUT2D eigenvalue weighted by Crippen LogP contribution is -2.23. The van der Waals surface area contributed by atoms with E-state index in [0.29, 0.717) is 26.1 Å². The zero-order chi connectivity index (χ0) is 40.7. The Morgan fingerprint density at radius 2 is 0.833 bits per heavy atom. The Morgan fingerprint density at radius 3 is 1.15 bits per heavy atom. The first-order valence-electron chi connectivity index (χ1n) is 19.2. The van der Waals surface area contributed by atoms with Crippen LogP contribution in [-0.4, -0.2) is 76.4 Å². The van der Waals surface area contributed by atoms with E-state index < -0.39 is 0 Å². The third-order valence-electron chi connectivity index (χ3n) is 8.26. The van der Waals surface area contributed by atoms with Gasteiger partial charge in [0.25, 0.3) is 0 Å². The molecule has 2 rings (SSSR count). The Labute approximate surface area is 325 Å². The summed E-state index contributed by atoms with van der Waals surface area (Å²) in [6.45, 7) is 30.8. The monoisotopic (exact) mass is 758 g/mol. The number of hydrogen-bond donors (Lipinski definition) is 0. The van der Waals surface area contributed by atoms with Gasteiger partial charge in [0.1, 0.15) is 24.7 Å². The molecule has 0 aliphatic rings. The normalized spacial score (nSPS) is 12.5. The quantitative estimate of drug-likeness (QED) is 0.0696. The highest BCUT2D eigenvalue weighted by molar-refractivity contribution is 5.70. The summed E-state index contributed by atoms with van der Waals surface area (Å²) >= 11 is 0. The molecule has 0 saturated carbocycles. The fourth-order valence-electron chi connectivity index (χ4n) is 5.40. The maximum Gasteiger partial charge on any atom is 0.306 e. The van der Waals surface area contributed by atoms with E-state index >= 15 is 0 Å². The number of aryl methyl sites for hydroxylation is 4. The molecule has 0 atom stereocenters. The van der Waals surface area contributed by atoms with E-state index in [9.17, 15) is 9.59 Å². The van der Waals surface area contributed by atoms with Gasteiger partial charge in [-0.3, -0.25) is 9.59 Å². The van der Waals surface area contributed by atoms with E-state index in [-0.39, 0.29) is 86.8 Å². The molecular formula is C44H70O10. The molecule has 306 valence electrons. The summed E-state index contributed by atoms with van der Waals surface area (Å²) in [4.78, 5) is 24.9. The standard InChI is InChI=1S/C44H70O10/c1-31-25-33(27-35(41(3,4)5)39(31)51-29-53-43(9,10)11)15-17-37(45)49-23-21-47-19-20-48-22-24-50-38(46)18-16-34-26-32(2)40(36(28-34)42(6,7)8)52-30-54-44(12,13)14/h25-28H,15-24,29-30H2,1-14H3. The van der Waals surface area contributed by atoms with Gasteiger partial charge in [-0.25, -0.2) is 0 Å². The second-order valence-electron chi connectivity index (χ2n) is 17.8. The molecule has 0 heterocycles. The minimum atomic E-state index is -0.292. The maximum absolute atomic E-state index is 12.4. The summed E-state index contributed by atoms with van der Waals surface area (Å²) in [6.07, 6.45) is 1.67. The van der Waals surface area contributed by atoms with Crippen LogP contribution in [-0.2, 0) is 61.7 Å². The number of esters is 2. The molecule has 0 aromatic heterocycles. The van der Waals surface area contributed by atoms with Crippen molar-refractivity contribution in [1.29, 1.82) is 0 Å². The summed E-state index contributed by atoms with van der Waals surface area (Å²) in [5.74, 6) is 1.10. The minimum Gasteiger partial charge on any atom is -0.467 e. The molecule has 0 aliphatic carbocycles. The molecule has 10 heteroatoms. The van der Waals surface area contributed by atoms with Crippen molar-refractivity contribution in [2.45, 2.75) is 145 Å². The fraction of sp³-hybridized carbons (Fsp3) is 0.682. The molecule has 0 spiro atoms. The first kappa shape index (κ1) is 47.0. The number of ether oxygens (including phenoxy) is 8. The summed E-state index contributed by atoms with van der Waals surface area (Å²) < 4.78 is 45.5. The Hall–Kier alpha value is -3.18. The van der Waals surface area contributed by atoms with Crippen molar-refractivity contribution in [3.05, 3.63) is 57.6 Å². The molecule has 0 amide bonds. The molecule has 54 heavy (non-hydrogen) atoms. The van der Waals surface area contributed by atoms with Crippen LogP contribution in [0.3, 0.4) is 0 Å². The second-order valence-corrected chi connectivity index (χ2v) is 17.8. The average Bonchev–Trinajstić information content (AvgIpc) is 3.03. The molecule has 0 N–H and O–H groups in total. The van der Waals surface area contributed by atoms with Gasteiger partial charge in [0.05, 0.1) is 37.6 Å². The van der Waals surface area contributed by atoms with Crippen LogP contribution in [0.25, 0.3) is 0 Å². The van der Waals surface area contributed by atoms with E-state index in [1.54, 1.807) is 0 Å². The van der Waals surface area contributed by atoms with Crippen LogP contribution in [0.1, 0.15) is 129 Å². The number of rotatable bonds is 21. The largest absolute Gasteiger partial charge is 0.467 e. The smallest absolute Gasteiger partial charge is 0.306 e. The molecule has 0 aliphatic heterocycles. The van der Waals surface area contributed by atoms with Crippen molar-refractivity contribution in [3.8, 4) is 11.5 Å². The van der Waals surface area contributed by atoms with Crippen LogP contribution in [0.2, 0.25) is 0 Å². The highest BCUT2D eigenvalue weighted by Crippen LogP contribution is 2.37. The third kappa shape index (κ3) is 18.4. The second kappa shape index (κ2) is 21.2. The van der Waals surface area contributed by atoms with Crippen molar-refractivity contribution in [2.75, 3.05) is 53.2 Å². The Morgan fingerprint density at radius 1 is 0.500 bits per heavy atom. The van der Waals surface area contributed by atoms with Crippen molar-refractivity contribution >= 4 is 11.9 Å². The van der Waals surface area contributed by atoms with Crippen LogP contribution in [0.4, 0.5) is 0 Å². The zero-order valence-corrected chi connectivity index (χ0v) is 35.9. The lowest BCUT2D eigenvalue weighted by Gasteiger charge is -2.27. The Balaban J connectivity index is 1.64. The van der Waals surface area contributed by atoms with Crippen molar-refractivity contribution in [2.24, 2.45) is 0 Å². The van der Waals surface area contributed by atoms with Gasteiger partial charge in [-0.15, -0.1) is 0 Å². The van der Waals surface area contributed by atoms with Crippen LogP contribution in [0.15, 0.2) is 24.3 Å². The SMILES string of the molecule is Cc1cc(CCC(=O)OCCOCCOCCOC(=O)CCc2cc(C)c(OCOC(C)(C)C)c(C(C)(C)C)c2)cc(C(C)(C)C)c1OCOC(C)(C)C. The number of benzene rings is 2. The van der Waals surface area contributed by atoms with E-state index in [0.717, 1.165) is 44.9 Å². The summed E-state index contributed by atoms with van der Waals surface area (Å²) in [6, 6.07) is 8.35. The van der Waals surface area contributed by atoms with Crippen LogP contribution in [0, 0.1) is 13.8 Å². The molecule has 0 saturated heterocycles. The van der Waals surface area contributed by atoms with Crippen molar-refractivity contribution in [3.63, 3.8) is 0 Å². The lowest BCUT2D eigenvalue weighted by atomic mass is 9.83. The van der Waals surface area contributed by atoms with Crippen molar-refractivity contribution in [1.82, 2.24) is 0 Å². The molecular weight excluding hydrogens is 688 g/mol. The highest BCUT2D eigenvalue weighted by Gasteiger charge is 2.24. The molecule has 0 radical (unpaired) electrons. The summed E-state index contributed by atoms with van der Waals surface area (Å²) in [7, 11) is 0. The topological polar surface area (TPSA) is 108 Å². The Bertz CT molecular complexity index is 1360. The summed E-state index contributed by atoms with van der Waals surface area (Å²) in [5.41, 5.74) is 5.41. The number of carbonyl (C=O) groups excluding carboxylic acids is 2. The van der Waals surface area contributed by atoms with Crippen LogP contribution < -0.4 is 9.47 Å². The van der Waals surface area contributed by atoms with Gasteiger partial charge in [0.2, 0.25) is 0 Å². The highest BCUT2D eigenvalue weighted by atomic mass is 16.7. The average molecular weight is 759 g/mol. The molecule has 2 aromatic rings. The van der Waals surface area contributed by atoms with E-state index in [2.05, 4.69) is 65.8 Å². The van der Waals surface area contributed by atoms with E-state index in [4.69, 9.17) is 37.9 Å². The van der Waals surface area contributed by atoms with E-state index in [1.807, 2.05) is 55.4 Å². The zero-order valence-electron chi connectivity index (χ0n) is 35.9. The van der Waals surface area contributed by atoms with E-state index in [1.165, 1.54) is 0 Å². The predicted octanol–water partition coefficient (Wildman–Crippen LogP) is 8.89. The van der Waals surface area contributed by atoms with Gasteiger partial charge in [-0.1, -0.05) is 65.8 Å². The van der Waals surface area contributed by atoms with Gasteiger partial charge >= 0.3 is 11.9 Å². The molecule has 0 bridgehead atoms. The predicted molar refractivity (Wildman–Crippen MR) is 213 cm³/mol. The van der Waals surface area contributed by atoms with Crippen LogP contribution in [0.5, 0.6) is 11.5 Å². The molecule has 0 fully saturated rings. The molecule has 2 aromatic carbocycles. The van der Waals surface area contributed by atoms with Gasteiger partial charge in [0.15, 0.2) is 13.6 Å². The lowest BCUT2D eigenvalue weighted by molar-refractivity contribution is -0.146. The van der Waals surface area contributed by atoms with Gasteiger partial charge in [-0.05, 0) is 101 Å². The third-order valence-corrected chi connectivity index (χ3v) is 8.26. The van der Waals surface area contributed by atoms with Gasteiger partial charge in [0, 0.05) is 24.0 Å². The first-order chi connectivity index (χ1) is 25.0. The minimum absolute atomic E-state index is 0.145. The molecule has 10 nitrogen and oxygen atoms in total. The summed E-state index contributed by atoms with van der Waals surface area (Å²) in [5, 5.41) is 0. The maximum atomic E-state index is 12.4. The number of carbonyl (C=O) groups is 2.